The van der Waals surface area contributed by atoms with E-state index in [0.29, 0.717) is 9.90 Å². The predicted molar refractivity (Wildman–Crippen MR) is 79.5 cm³/mol. The summed E-state index contributed by atoms with van der Waals surface area (Å²) in [6.45, 7) is 4.05. The van der Waals surface area contributed by atoms with E-state index in [-0.39, 0.29) is 12.2 Å². The van der Waals surface area contributed by atoms with Gasteiger partial charge in [0, 0.05) is 7.05 Å². The number of aromatic nitrogens is 4. The summed E-state index contributed by atoms with van der Waals surface area (Å²) in [5, 5.41) is 8.95. The van der Waals surface area contributed by atoms with Crippen molar-refractivity contribution in [3.63, 3.8) is 0 Å². The van der Waals surface area contributed by atoms with E-state index in [1.54, 1.807) is 4.68 Å². The second-order valence-corrected chi connectivity index (χ2v) is 5.72. The molecule has 2 aromatic heterocycles. The Bertz CT molecular complexity index is 620. The number of ketones is 1. The zero-order chi connectivity index (χ0) is 14.7. The lowest BCUT2D eigenvalue weighted by Gasteiger charge is -2.02. The van der Waals surface area contributed by atoms with Gasteiger partial charge < -0.3 is 0 Å². The lowest BCUT2D eigenvalue weighted by Crippen LogP contribution is -2.09. The Morgan fingerprint density at radius 3 is 2.70 bits per heavy atom. The van der Waals surface area contributed by atoms with Crippen LogP contribution < -0.4 is 0 Å². The molecular weight excluding hydrogens is 296 g/mol. The number of rotatable bonds is 6. The van der Waals surface area contributed by atoms with Gasteiger partial charge in [-0.2, -0.15) is 5.10 Å². The molecule has 2 heterocycles. The highest BCUT2D eigenvalue weighted by Crippen LogP contribution is 2.23. The minimum absolute atomic E-state index is 0.0102. The first-order valence-corrected chi connectivity index (χ1v) is 7.78. The van der Waals surface area contributed by atoms with E-state index in [2.05, 4.69) is 21.6 Å². The summed E-state index contributed by atoms with van der Waals surface area (Å²) in [6, 6.07) is 0. The van der Waals surface area contributed by atoms with Crippen LogP contribution in [0.1, 0.15) is 47.0 Å². The molecule has 5 nitrogen and oxygen atoms in total. The van der Waals surface area contributed by atoms with Crippen molar-refractivity contribution in [3.05, 3.63) is 27.0 Å². The summed E-state index contributed by atoms with van der Waals surface area (Å²) in [5.41, 5.74) is 2.37. The van der Waals surface area contributed by atoms with E-state index < -0.39 is 0 Å². The molecule has 0 aliphatic carbocycles. The van der Waals surface area contributed by atoms with Crippen molar-refractivity contribution in [1.29, 1.82) is 0 Å². The number of aryl methyl sites for hydroxylation is 3. The SMILES string of the molecule is CCCc1nnsc1C(=O)Cc1c(Cl)c(CC)nn1C. The van der Waals surface area contributed by atoms with Gasteiger partial charge in [-0.3, -0.25) is 9.48 Å². The van der Waals surface area contributed by atoms with E-state index in [1.807, 2.05) is 14.0 Å². The third-order valence-electron chi connectivity index (χ3n) is 3.13. The minimum atomic E-state index is 0.0102. The number of hydrogen-bond acceptors (Lipinski definition) is 5. The van der Waals surface area contributed by atoms with Crippen LogP contribution in [-0.4, -0.2) is 25.2 Å². The standard InChI is InChI=1S/C13H17ClN4OS/c1-4-6-9-13(20-17-15-9)11(19)7-10-12(14)8(5-2)16-18(10)3/h4-7H2,1-3H3. The quantitative estimate of drug-likeness (QED) is 0.770. The number of nitrogens with zero attached hydrogens (tertiary/aromatic N) is 4. The monoisotopic (exact) mass is 312 g/mol. The minimum Gasteiger partial charge on any atom is -0.293 e. The Balaban J connectivity index is 2.23. The van der Waals surface area contributed by atoms with Crippen LogP contribution in [0.25, 0.3) is 0 Å². The molecule has 0 unspecified atom stereocenters. The fourth-order valence-corrected chi connectivity index (χ4v) is 3.07. The van der Waals surface area contributed by atoms with Crippen molar-refractivity contribution in [2.24, 2.45) is 7.05 Å². The Hall–Kier alpha value is -1.27. The lowest BCUT2D eigenvalue weighted by atomic mass is 10.1. The number of carbonyl (C=O) groups excluding carboxylic acids is 1. The van der Waals surface area contributed by atoms with Gasteiger partial charge in [-0.1, -0.05) is 36.4 Å². The predicted octanol–water partition coefficient (Wildman–Crippen LogP) is 2.87. The van der Waals surface area contributed by atoms with Crippen molar-refractivity contribution < 1.29 is 4.79 Å². The van der Waals surface area contributed by atoms with E-state index in [0.717, 1.165) is 47.9 Å². The van der Waals surface area contributed by atoms with Gasteiger partial charge in [0.2, 0.25) is 0 Å². The molecule has 2 aromatic rings. The van der Waals surface area contributed by atoms with Crippen LogP contribution >= 0.6 is 23.1 Å². The van der Waals surface area contributed by atoms with Crippen LogP contribution in [0, 0.1) is 0 Å². The van der Waals surface area contributed by atoms with Gasteiger partial charge >= 0.3 is 0 Å². The van der Waals surface area contributed by atoms with Crippen LogP contribution in [0.3, 0.4) is 0 Å². The molecule has 7 heteroatoms. The molecule has 20 heavy (non-hydrogen) atoms. The van der Waals surface area contributed by atoms with Crippen LogP contribution in [0.5, 0.6) is 0 Å². The van der Waals surface area contributed by atoms with Gasteiger partial charge in [0.15, 0.2) is 5.78 Å². The third-order valence-corrected chi connectivity index (χ3v) is 4.37. The van der Waals surface area contributed by atoms with E-state index in [9.17, 15) is 4.79 Å². The Morgan fingerprint density at radius 2 is 2.10 bits per heavy atom. The molecule has 0 aliphatic heterocycles. The van der Waals surface area contributed by atoms with Crippen LogP contribution in [0.4, 0.5) is 0 Å². The first-order valence-electron chi connectivity index (χ1n) is 6.63. The third kappa shape index (κ3) is 2.91. The molecule has 0 saturated carbocycles. The smallest absolute Gasteiger partial charge is 0.182 e. The number of Topliss-reactive ketones (excluding diaryl/α,β-unsaturated/α-hetero) is 1. The van der Waals surface area contributed by atoms with Gasteiger partial charge in [0.1, 0.15) is 4.88 Å². The van der Waals surface area contributed by atoms with Gasteiger partial charge in [-0.05, 0) is 24.4 Å². The van der Waals surface area contributed by atoms with E-state index in [1.165, 1.54) is 0 Å². The highest BCUT2D eigenvalue weighted by atomic mass is 35.5. The van der Waals surface area contributed by atoms with E-state index in [4.69, 9.17) is 11.6 Å². The molecule has 0 atom stereocenters. The largest absolute Gasteiger partial charge is 0.293 e. The summed E-state index contributed by atoms with van der Waals surface area (Å²) in [6.07, 6.45) is 2.71. The molecule has 0 saturated heterocycles. The fraction of sp³-hybridized carbons (Fsp3) is 0.538. The number of carbonyl (C=O) groups is 1. The summed E-state index contributed by atoms with van der Waals surface area (Å²) in [5.74, 6) is 0.0102. The second kappa shape index (κ2) is 6.45. The fourth-order valence-electron chi connectivity index (χ4n) is 2.07. The maximum Gasteiger partial charge on any atom is 0.182 e. The Labute approximate surface area is 127 Å². The van der Waals surface area contributed by atoms with Crippen molar-refractivity contribution in [2.45, 2.75) is 39.5 Å². The molecule has 0 radical (unpaired) electrons. The second-order valence-electron chi connectivity index (χ2n) is 4.58. The molecule has 0 aliphatic rings. The highest BCUT2D eigenvalue weighted by Gasteiger charge is 2.21. The first kappa shape index (κ1) is 15.1. The lowest BCUT2D eigenvalue weighted by molar-refractivity contribution is 0.0993. The van der Waals surface area contributed by atoms with Gasteiger partial charge in [0.25, 0.3) is 0 Å². The average molecular weight is 313 g/mol. The Kier molecular flexibility index (Phi) is 4.88. The molecule has 0 bridgehead atoms. The first-order chi connectivity index (χ1) is 9.58. The molecule has 0 fully saturated rings. The molecule has 108 valence electrons. The molecule has 0 spiro atoms. The number of halogens is 1. The summed E-state index contributed by atoms with van der Waals surface area (Å²) >= 11 is 7.43. The Morgan fingerprint density at radius 1 is 1.35 bits per heavy atom. The van der Waals surface area contributed by atoms with Crippen molar-refractivity contribution in [2.75, 3.05) is 0 Å². The van der Waals surface area contributed by atoms with Crippen molar-refractivity contribution in [1.82, 2.24) is 19.4 Å². The topological polar surface area (TPSA) is 60.7 Å². The maximum absolute atomic E-state index is 12.4. The zero-order valence-electron chi connectivity index (χ0n) is 11.8. The van der Waals surface area contributed by atoms with E-state index >= 15 is 0 Å². The van der Waals surface area contributed by atoms with Crippen molar-refractivity contribution >= 4 is 28.9 Å². The van der Waals surface area contributed by atoms with Crippen LogP contribution in [0.2, 0.25) is 5.02 Å². The van der Waals surface area contributed by atoms with Gasteiger partial charge in [-0.15, -0.1) is 5.10 Å². The number of hydrogen-bond donors (Lipinski definition) is 0. The van der Waals surface area contributed by atoms with Gasteiger partial charge in [0.05, 0.1) is 28.5 Å². The van der Waals surface area contributed by atoms with Crippen LogP contribution in [-0.2, 0) is 26.3 Å². The summed E-state index contributed by atoms with van der Waals surface area (Å²) in [7, 11) is 1.81. The van der Waals surface area contributed by atoms with Gasteiger partial charge in [-0.25, -0.2) is 0 Å². The molecular formula is C13H17ClN4OS. The molecule has 0 amide bonds. The zero-order valence-corrected chi connectivity index (χ0v) is 13.4. The molecule has 2 rings (SSSR count). The maximum atomic E-state index is 12.4. The molecule has 0 N–H and O–H groups in total. The molecule has 0 aromatic carbocycles. The highest BCUT2D eigenvalue weighted by molar-refractivity contribution is 7.08. The summed E-state index contributed by atoms with van der Waals surface area (Å²) in [4.78, 5) is 13.0. The van der Waals surface area contributed by atoms with Crippen molar-refractivity contribution in [3.8, 4) is 0 Å². The normalized spacial score (nSPS) is 11.0. The van der Waals surface area contributed by atoms with Crippen LogP contribution in [0.15, 0.2) is 0 Å². The summed E-state index contributed by atoms with van der Waals surface area (Å²) < 4.78 is 5.57. The average Bonchev–Trinajstić information content (AvgIpc) is 2.98.